The highest BCUT2D eigenvalue weighted by atomic mass is 16.3. The first-order chi connectivity index (χ1) is 5.22. The van der Waals surface area contributed by atoms with E-state index >= 15 is 0 Å². The Labute approximate surface area is 68.6 Å². The van der Waals surface area contributed by atoms with Crippen molar-refractivity contribution in [1.82, 2.24) is 9.80 Å². The summed E-state index contributed by atoms with van der Waals surface area (Å²) in [5.74, 6) is 0.418. The topological polar surface area (TPSA) is 26.7 Å². The predicted octanol–water partition coefficient (Wildman–Crippen LogP) is -0.180. The third kappa shape index (κ3) is 2.77. The summed E-state index contributed by atoms with van der Waals surface area (Å²) < 4.78 is 0. The third-order valence-corrected chi connectivity index (χ3v) is 2.12. The molecule has 0 spiro atoms. The lowest BCUT2D eigenvalue weighted by atomic mass is 10.2. The fourth-order valence-corrected chi connectivity index (χ4v) is 1.44. The highest BCUT2D eigenvalue weighted by Gasteiger charge is 2.17. The van der Waals surface area contributed by atoms with E-state index in [-0.39, 0.29) is 0 Å². The molecule has 0 amide bonds. The van der Waals surface area contributed by atoms with Crippen molar-refractivity contribution in [2.24, 2.45) is 5.92 Å². The van der Waals surface area contributed by atoms with Crippen LogP contribution in [0.25, 0.3) is 0 Å². The Kier molecular flexibility index (Phi) is 3.30. The summed E-state index contributed by atoms with van der Waals surface area (Å²) in [6.45, 7) is 6.79. The van der Waals surface area contributed by atoms with Gasteiger partial charge in [-0.15, -0.1) is 0 Å². The van der Waals surface area contributed by atoms with Crippen LogP contribution < -0.4 is 0 Å². The molecule has 1 heterocycles. The summed E-state index contributed by atoms with van der Waals surface area (Å²) in [5.41, 5.74) is 0. The molecule has 0 aromatic carbocycles. The zero-order valence-electron chi connectivity index (χ0n) is 7.45. The van der Waals surface area contributed by atoms with E-state index < -0.39 is 0 Å². The molecule has 0 radical (unpaired) electrons. The molecule has 11 heavy (non-hydrogen) atoms. The van der Waals surface area contributed by atoms with Crippen LogP contribution in [0, 0.1) is 5.92 Å². The van der Waals surface area contributed by atoms with Crippen LogP contribution in [0.3, 0.4) is 0 Å². The van der Waals surface area contributed by atoms with Gasteiger partial charge in [-0.05, 0) is 13.0 Å². The van der Waals surface area contributed by atoms with Crippen molar-refractivity contribution in [3.8, 4) is 0 Å². The average Bonchev–Trinajstić information content (AvgIpc) is 2.35. The third-order valence-electron chi connectivity index (χ3n) is 2.12. The quantitative estimate of drug-likeness (QED) is 0.617. The molecular formula is C8H18N2O. The number of rotatable bonds is 3. The Bertz CT molecular complexity index is 119. The molecule has 1 unspecified atom stereocenters. The number of likely N-dealkylation sites (N-methyl/N-ethyl adjacent to an activating group) is 1. The van der Waals surface area contributed by atoms with Gasteiger partial charge in [-0.3, -0.25) is 9.80 Å². The molecule has 1 N–H and O–H groups in total. The second kappa shape index (κ2) is 4.04. The van der Waals surface area contributed by atoms with Crippen molar-refractivity contribution >= 4 is 0 Å². The van der Waals surface area contributed by atoms with Crippen molar-refractivity contribution in [3.63, 3.8) is 0 Å². The maximum atomic E-state index is 8.82. The molecule has 1 saturated heterocycles. The first kappa shape index (κ1) is 8.97. The van der Waals surface area contributed by atoms with Gasteiger partial charge in [-0.2, -0.15) is 0 Å². The normalized spacial score (nSPS) is 24.3. The molecule has 3 nitrogen and oxygen atoms in total. The molecule has 0 aliphatic carbocycles. The monoisotopic (exact) mass is 158 g/mol. The molecule has 1 rings (SSSR count). The van der Waals surface area contributed by atoms with Gasteiger partial charge in [0.1, 0.15) is 0 Å². The number of aliphatic hydroxyl groups excluding tert-OH is 1. The van der Waals surface area contributed by atoms with Crippen LogP contribution in [0.1, 0.15) is 6.92 Å². The van der Waals surface area contributed by atoms with Gasteiger partial charge in [-0.1, -0.05) is 6.92 Å². The minimum Gasteiger partial charge on any atom is -0.396 e. The van der Waals surface area contributed by atoms with Crippen molar-refractivity contribution in [2.75, 3.05) is 40.0 Å². The maximum Gasteiger partial charge on any atom is 0.0504 e. The molecule has 3 heteroatoms. The lowest BCUT2D eigenvalue weighted by molar-refractivity contribution is 0.178. The summed E-state index contributed by atoms with van der Waals surface area (Å²) in [6.07, 6.45) is 0. The van der Waals surface area contributed by atoms with Gasteiger partial charge < -0.3 is 5.11 Å². The van der Waals surface area contributed by atoms with Crippen LogP contribution in [0.15, 0.2) is 0 Å². The van der Waals surface area contributed by atoms with Gasteiger partial charge in [0.15, 0.2) is 0 Å². The molecule has 1 atom stereocenters. The molecule has 1 aliphatic rings. The first-order valence-corrected chi connectivity index (χ1v) is 4.24. The van der Waals surface area contributed by atoms with E-state index in [2.05, 4.69) is 23.8 Å². The second-order valence-corrected chi connectivity index (χ2v) is 3.59. The summed E-state index contributed by atoms with van der Waals surface area (Å²) in [6, 6.07) is 0. The van der Waals surface area contributed by atoms with E-state index in [4.69, 9.17) is 5.11 Å². The molecule has 66 valence electrons. The molecule has 1 fully saturated rings. The Morgan fingerprint density at radius 3 is 2.64 bits per heavy atom. The van der Waals surface area contributed by atoms with Crippen molar-refractivity contribution in [3.05, 3.63) is 0 Å². The minimum atomic E-state index is 0.306. The Morgan fingerprint density at radius 2 is 2.18 bits per heavy atom. The average molecular weight is 158 g/mol. The van der Waals surface area contributed by atoms with Crippen molar-refractivity contribution in [1.29, 1.82) is 0 Å². The highest BCUT2D eigenvalue weighted by molar-refractivity contribution is 4.69. The standard InChI is InChI=1S/C8H18N2O/c1-8(6-11)5-10-4-3-9(2)7-10/h8,11H,3-7H2,1-2H3. The van der Waals surface area contributed by atoms with Gasteiger partial charge in [-0.25, -0.2) is 0 Å². The molecule has 0 saturated carbocycles. The fraction of sp³-hybridized carbons (Fsp3) is 1.00. The summed E-state index contributed by atoms with van der Waals surface area (Å²) in [7, 11) is 2.13. The second-order valence-electron chi connectivity index (χ2n) is 3.59. The van der Waals surface area contributed by atoms with Gasteiger partial charge in [0, 0.05) is 26.2 Å². The van der Waals surface area contributed by atoms with Crippen LogP contribution in [0.2, 0.25) is 0 Å². The Hall–Kier alpha value is -0.120. The number of hydrogen-bond acceptors (Lipinski definition) is 3. The molecule has 0 aromatic heterocycles. The van der Waals surface area contributed by atoms with E-state index in [0.29, 0.717) is 12.5 Å². The maximum absolute atomic E-state index is 8.82. The fourth-order valence-electron chi connectivity index (χ4n) is 1.44. The highest BCUT2D eigenvalue weighted by Crippen LogP contribution is 2.05. The van der Waals surface area contributed by atoms with Gasteiger partial charge >= 0.3 is 0 Å². The predicted molar refractivity (Wildman–Crippen MR) is 45.3 cm³/mol. The SMILES string of the molecule is CC(CO)CN1CCN(C)C1. The van der Waals surface area contributed by atoms with Crippen molar-refractivity contribution < 1.29 is 5.11 Å². The van der Waals surface area contributed by atoms with E-state index in [9.17, 15) is 0 Å². The van der Waals surface area contributed by atoms with Crippen LogP contribution in [0.4, 0.5) is 0 Å². The van der Waals surface area contributed by atoms with E-state index in [1.807, 2.05) is 0 Å². The van der Waals surface area contributed by atoms with E-state index in [1.165, 1.54) is 0 Å². The largest absolute Gasteiger partial charge is 0.396 e. The van der Waals surface area contributed by atoms with Crippen molar-refractivity contribution in [2.45, 2.75) is 6.92 Å². The summed E-state index contributed by atoms with van der Waals surface area (Å²) in [5, 5.41) is 8.82. The molecular weight excluding hydrogens is 140 g/mol. The molecule has 0 aromatic rings. The zero-order valence-corrected chi connectivity index (χ0v) is 7.45. The van der Waals surface area contributed by atoms with Crippen LogP contribution in [-0.2, 0) is 0 Å². The minimum absolute atomic E-state index is 0.306. The van der Waals surface area contributed by atoms with E-state index in [0.717, 1.165) is 26.3 Å². The first-order valence-electron chi connectivity index (χ1n) is 4.24. The summed E-state index contributed by atoms with van der Waals surface area (Å²) >= 11 is 0. The van der Waals surface area contributed by atoms with E-state index in [1.54, 1.807) is 0 Å². The van der Waals surface area contributed by atoms with Gasteiger partial charge in [0.2, 0.25) is 0 Å². The van der Waals surface area contributed by atoms with Crippen LogP contribution >= 0.6 is 0 Å². The zero-order chi connectivity index (χ0) is 8.27. The lowest BCUT2D eigenvalue weighted by Gasteiger charge is -2.18. The lowest BCUT2D eigenvalue weighted by Crippen LogP contribution is -2.29. The summed E-state index contributed by atoms with van der Waals surface area (Å²) in [4.78, 5) is 4.67. The Balaban J connectivity index is 2.17. The number of nitrogens with zero attached hydrogens (tertiary/aromatic N) is 2. The van der Waals surface area contributed by atoms with Crippen LogP contribution in [0.5, 0.6) is 0 Å². The number of aliphatic hydroxyl groups is 1. The smallest absolute Gasteiger partial charge is 0.0504 e. The number of hydrogen-bond donors (Lipinski definition) is 1. The molecule has 0 bridgehead atoms. The molecule has 1 aliphatic heterocycles. The van der Waals surface area contributed by atoms with Gasteiger partial charge in [0.05, 0.1) is 6.67 Å². The Morgan fingerprint density at radius 1 is 1.45 bits per heavy atom. The van der Waals surface area contributed by atoms with Gasteiger partial charge in [0.25, 0.3) is 0 Å². The van der Waals surface area contributed by atoms with Crippen LogP contribution in [-0.4, -0.2) is 54.9 Å².